The zero-order valence-electron chi connectivity index (χ0n) is 14.1. The van der Waals surface area contributed by atoms with Crippen LogP contribution in [0, 0.1) is 12.8 Å². The number of amides is 1. The molecule has 0 spiro atoms. The van der Waals surface area contributed by atoms with Crippen molar-refractivity contribution in [1.82, 2.24) is 9.88 Å². The topological polar surface area (TPSA) is 45.2 Å². The molecule has 126 valence electrons. The van der Waals surface area contributed by atoms with Gasteiger partial charge in [-0.3, -0.25) is 9.78 Å². The molecule has 1 amide bonds. The Balaban J connectivity index is 1.76. The Labute approximate surface area is 147 Å². The van der Waals surface area contributed by atoms with Crippen molar-refractivity contribution in [3.63, 3.8) is 0 Å². The lowest BCUT2D eigenvalue weighted by atomic mass is 10.00. The summed E-state index contributed by atoms with van der Waals surface area (Å²) in [7, 11) is 0. The first-order chi connectivity index (χ1) is 11.5. The van der Waals surface area contributed by atoms with Crippen LogP contribution in [0.2, 0.25) is 5.02 Å². The van der Waals surface area contributed by atoms with Crippen LogP contribution in [-0.4, -0.2) is 28.9 Å². The number of halogens is 1. The molecule has 5 heteroatoms. The molecule has 1 aliphatic heterocycles. The average Bonchev–Trinajstić information content (AvgIpc) is 2.58. The number of likely N-dealkylation sites (tertiary alicyclic amines) is 1. The summed E-state index contributed by atoms with van der Waals surface area (Å²) in [6.07, 6.45) is 3.92. The highest BCUT2D eigenvalue weighted by molar-refractivity contribution is 6.31. The van der Waals surface area contributed by atoms with Gasteiger partial charge in [0.1, 0.15) is 5.69 Å². The summed E-state index contributed by atoms with van der Waals surface area (Å²) < 4.78 is 0. The molecule has 1 aromatic carbocycles. The summed E-state index contributed by atoms with van der Waals surface area (Å²) in [6.45, 7) is 5.78. The SMILES string of the molecule is Cc1ccc(Nc2ccnc(C(=O)N3CCCC(C)C3)c2)cc1Cl. The zero-order chi connectivity index (χ0) is 17.1. The van der Waals surface area contributed by atoms with E-state index in [2.05, 4.69) is 17.2 Å². The molecule has 4 nitrogen and oxygen atoms in total. The molecule has 0 aliphatic carbocycles. The van der Waals surface area contributed by atoms with Crippen molar-refractivity contribution in [2.75, 3.05) is 18.4 Å². The number of hydrogen-bond donors (Lipinski definition) is 1. The van der Waals surface area contributed by atoms with Crippen molar-refractivity contribution in [2.24, 2.45) is 5.92 Å². The highest BCUT2D eigenvalue weighted by atomic mass is 35.5. The van der Waals surface area contributed by atoms with E-state index in [0.717, 1.165) is 36.4 Å². The van der Waals surface area contributed by atoms with Crippen molar-refractivity contribution >= 4 is 28.9 Å². The molecular formula is C19H22ClN3O. The third-order valence-corrected chi connectivity index (χ3v) is 4.79. The number of carbonyl (C=O) groups is 1. The molecule has 3 rings (SSSR count). The van der Waals surface area contributed by atoms with Gasteiger partial charge in [0.25, 0.3) is 5.91 Å². The van der Waals surface area contributed by atoms with Crippen LogP contribution in [0.15, 0.2) is 36.5 Å². The van der Waals surface area contributed by atoms with E-state index in [9.17, 15) is 4.79 Å². The summed E-state index contributed by atoms with van der Waals surface area (Å²) in [5, 5.41) is 4.00. The lowest BCUT2D eigenvalue weighted by Gasteiger charge is -2.30. The van der Waals surface area contributed by atoms with E-state index in [4.69, 9.17) is 11.6 Å². The molecule has 0 bridgehead atoms. The molecular weight excluding hydrogens is 322 g/mol. The molecule has 0 saturated carbocycles. The van der Waals surface area contributed by atoms with Crippen LogP contribution in [0.4, 0.5) is 11.4 Å². The van der Waals surface area contributed by atoms with Crippen molar-refractivity contribution in [2.45, 2.75) is 26.7 Å². The summed E-state index contributed by atoms with van der Waals surface area (Å²) >= 11 is 6.16. The molecule has 1 unspecified atom stereocenters. The Bertz CT molecular complexity index is 747. The number of anilines is 2. The maximum absolute atomic E-state index is 12.7. The predicted molar refractivity (Wildman–Crippen MR) is 98.0 cm³/mol. The first-order valence-electron chi connectivity index (χ1n) is 8.31. The number of aryl methyl sites for hydroxylation is 1. The lowest BCUT2D eigenvalue weighted by molar-refractivity contribution is 0.0677. The largest absolute Gasteiger partial charge is 0.355 e. The van der Waals surface area contributed by atoms with Gasteiger partial charge in [-0.2, -0.15) is 0 Å². The number of carbonyl (C=O) groups excluding carboxylic acids is 1. The summed E-state index contributed by atoms with van der Waals surface area (Å²) in [5.74, 6) is 0.561. The van der Waals surface area contributed by atoms with Gasteiger partial charge in [0, 0.05) is 35.7 Å². The second kappa shape index (κ2) is 7.22. The van der Waals surface area contributed by atoms with Crippen LogP contribution in [0.5, 0.6) is 0 Å². The second-order valence-electron chi connectivity index (χ2n) is 6.52. The summed E-state index contributed by atoms with van der Waals surface area (Å²) in [4.78, 5) is 18.8. The molecule has 1 saturated heterocycles. The van der Waals surface area contributed by atoms with E-state index < -0.39 is 0 Å². The Morgan fingerprint density at radius 2 is 2.08 bits per heavy atom. The second-order valence-corrected chi connectivity index (χ2v) is 6.92. The Kier molecular flexibility index (Phi) is 5.05. The highest BCUT2D eigenvalue weighted by Crippen LogP contribution is 2.24. The van der Waals surface area contributed by atoms with E-state index in [-0.39, 0.29) is 5.91 Å². The molecule has 1 atom stereocenters. The van der Waals surface area contributed by atoms with Crippen molar-refractivity contribution in [3.8, 4) is 0 Å². The molecule has 1 aliphatic rings. The van der Waals surface area contributed by atoms with Crippen molar-refractivity contribution < 1.29 is 4.79 Å². The first-order valence-corrected chi connectivity index (χ1v) is 8.69. The fourth-order valence-corrected chi connectivity index (χ4v) is 3.18. The minimum atomic E-state index is 0.00661. The Morgan fingerprint density at radius 3 is 2.83 bits per heavy atom. The smallest absolute Gasteiger partial charge is 0.272 e. The van der Waals surface area contributed by atoms with Gasteiger partial charge in [-0.1, -0.05) is 24.6 Å². The quantitative estimate of drug-likeness (QED) is 0.881. The number of benzene rings is 1. The summed E-state index contributed by atoms with van der Waals surface area (Å²) in [6, 6.07) is 9.46. The fraction of sp³-hybridized carbons (Fsp3) is 0.368. The monoisotopic (exact) mass is 343 g/mol. The Morgan fingerprint density at radius 1 is 1.29 bits per heavy atom. The summed E-state index contributed by atoms with van der Waals surface area (Å²) in [5.41, 5.74) is 3.24. The van der Waals surface area contributed by atoms with E-state index in [1.807, 2.05) is 36.1 Å². The third-order valence-electron chi connectivity index (χ3n) is 4.38. The van der Waals surface area contributed by atoms with Crippen molar-refractivity contribution in [1.29, 1.82) is 0 Å². The van der Waals surface area contributed by atoms with Crippen LogP contribution in [0.3, 0.4) is 0 Å². The minimum Gasteiger partial charge on any atom is -0.355 e. The number of rotatable bonds is 3. The van der Waals surface area contributed by atoms with Gasteiger partial charge >= 0.3 is 0 Å². The van der Waals surface area contributed by atoms with E-state index in [0.29, 0.717) is 16.6 Å². The van der Waals surface area contributed by atoms with Crippen LogP contribution in [0.25, 0.3) is 0 Å². The van der Waals surface area contributed by atoms with Gasteiger partial charge in [-0.15, -0.1) is 0 Å². The Hall–Kier alpha value is -2.07. The van der Waals surface area contributed by atoms with Crippen LogP contribution < -0.4 is 5.32 Å². The third kappa shape index (κ3) is 3.88. The number of piperidine rings is 1. The molecule has 0 radical (unpaired) electrons. The normalized spacial score (nSPS) is 17.6. The standard InChI is InChI=1S/C19H22ClN3O/c1-13-4-3-9-23(12-13)19(24)18-11-16(7-8-21-18)22-15-6-5-14(2)17(20)10-15/h5-8,10-11,13H,3-4,9,12H2,1-2H3,(H,21,22). The van der Waals surface area contributed by atoms with Crippen molar-refractivity contribution in [3.05, 3.63) is 52.8 Å². The van der Waals surface area contributed by atoms with E-state index >= 15 is 0 Å². The van der Waals surface area contributed by atoms with Gasteiger partial charge in [0.15, 0.2) is 0 Å². The predicted octanol–water partition coefficient (Wildman–Crippen LogP) is 4.66. The number of hydrogen-bond acceptors (Lipinski definition) is 3. The lowest BCUT2D eigenvalue weighted by Crippen LogP contribution is -2.39. The minimum absolute atomic E-state index is 0.00661. The van der Waals surface area contributed by atoms with E-state index in [1.165, 1.54) is 6.42 Å². The molecule has 2 heterocycles. The van der Waals surface area contributed by atoms with Gasteiger partial charge < -0.3 is 10.2 Å². The van der Waals surface area contributed by atoms with Gasteiger partial charge in [-0.25, -0.2) is 0 Å². The fourth-order valence-electron chi connectivity index (χ4n) is 3.00. The maximum atomic E-state index is 12.7. The average molecular weight is 344 g/mol. The number of aromatic nitrogens is 1. The molecule has 1 aromatic heterocycles. The molecule has 1 N–H and O–H groups in total. The highest BCUT2D eigenvalue weighted by Gasteiger charge is 2.23. The van der Waals surface area contributed by atoms with Crippen LogP contribution in [0.1, 0.15) is 35.8 Å². The number of pyridine rings is 1. The molecule has 24 heavy (non-hydrogen) atoms. The molecule has 2 aromatic rings. The van der Waals surface area contributed by atoms with Gasteiger partial charge in [0.2, 0.25) is 0 Å². The van der Waals surface area contributed by atoms with Gasteiger partial charge in [0.05, 0.1) is 0 Å². The number of nitrogens with zero attached hydrogens (tertiary/aromatic N) is 2. The van der Waals surface area contributed by atoms with Crippen LogP contribution >= 0.6 is 11.6 Å². The maximum Gasteiger partial charge on any atom is 0.272 e. The van der Waals surface area contributed by atoms with Gasteiger partial charge in [-0.05, 0) is 55.5 Å². The van der Waals surface area contributed by atoms with E-state index in [1.54, 1.807) is 12.3 Å². The number of nitrogens with one attached hydrogen (secondary N) is 1. The molecule has 1 fully saturated rings. The van der Waals surface area contributed by atoms with Crippen LogP contribution in [-0.2, 0) is 0 Å². The zero-order valence-corrected chi connectivity index (χ0v) is 14.8. The first kappa shape index (κ1) is 16.8.